The van der Waals surface area contributed by atoms with Gasteiger partial charge in [-0.3, -0.25) is 4.79 Å². The topological polar surface area (TPSA) is 75.0 Å². The molecule has 0 spiro atoms. The van der Waals surface area contributed by atoms with E-state index in [1.807, 2.05) is 4.90 Å². The summed E-state index contributed by atoms with van der Waals surface area (Å²) in [6.45, 7) is 1.65. The summed E-state index contributed by atoms with van der Waals surface area (Å²) in [5.74, 6) is 0. The second kappa shape index (κ2) is 4.20. The summed E-state index contributed by atoms with van der Waals surface area (Å²) in [7, 11) is 0. The number of H-pyrrole nitrogens is 1. The molecule has 1 aliphatic rings. The molecule has 0 radical (unpaired) electrons. The Morgan fingerprint density at radius 1 is 1.53 bits per heavy atom. The fourth-order valence-corrected chi connectivity index (χ4v) is 1.95. The Morgan fingerprint density at radius 2 is 2.20 bits per heavy atom. The number of aromatic nitrogens is 2. The Labute approximate surface area is 92.2 Å². The second-order valence-electron chi connectivity index (χ2n) is 3.72. The van der Waals surface area contributed by atoms with Gasteiger partial charge in [0.05, 0.1) is 11.9 Å². The molecule has 5 nitrogen and oxygen atoms in total. The SMILES string of the molecule is NC1CCN(c2cn[nH]c(=O)c2Cl)CC1. The van der Waals surface area contributed by atoms with E-state index in [9.17, 15) is 4.79 Å². The standard InChI is InChI=1S/C9H13ClN4O/c10-8-7(5-12-13-9(8)15)14-3-1-6(11)2-4-14/h5-6H,1-4,11H2,(H,13,15). The van der Waals surface area contributed by atoms with Gasteiger partial charge in [-0.25, -0.2) is 5.10 Å². The molecule has 0 atom stereocenters. The van der Waals surface area contributed by atoms with Crippen molar-refractivity contribution in [1.29, 1.82) is 0 Å². The smallest absolute Gasteiger partial charge is 0.285 e. The zero-order chi connectivity index (χ0) is 10.8. The van der Waals surface area contributed by atoms with Crippen molar-refractivity contribution < 1.29 is 0 Å². The van der Waals surface area contributed by atoms with Gasteiger partial charge in [0.1, 0.15) is 5.02 Å². The minimum Gasteiger partial charge on any atom is -0.369 e. The van der Waals surface area contributed by atoms with Crippen LogP contribution in [0.5, 0.6) is 0 Å². The number of anilines is 1. The molecule has 15 heavy (non-hydrogen) atoms. The van der Waals surface area contributed by atoms with Crippen LogP contribution in [0.3, 0.4) is 0 Å². The molecule has 82 valence electrons. The summed E-state index contributed by atoms with van der Waals surface area (Å²) in [5.41, 5.74) is 6.16. The highest BCUT2D eigenvalue weighted by Gasteiger charge is 2.19. The van der Waals surface area contributed by atoms with Gasteiger partial charge in [-0.1, -0.05) is 11.6 Å². The van der Waals surface area contributed by atoms with Crippen molar-refractivity contribution in [2.75, 3.05) is 18.0 Å². The predicted octanol–water partition coefficient (Wildman–Crippen LogP) is 0.351. The van der Waals surface area contributed by atoms with Crippen molar-refractivity contribution in [2.24, 2.45) is 5.73 Å². The number of hydrogen-bond donors (Lipinski definition) is 2. The maximum atomic E-state index is 11.2. The molecule has 3 N–H and O–H groups in total. The van der Waals surface area contributed by atoms with Crippen molar-refractivity contribution in [3.8, 4) is 0 Å². The number of aromatic amines is 1. The molecule has 1 aliphatic heterocycles. The van der Waals surface area contributed by atoms with E-state index in [1.54, 1.807) is 6.20 Å². The highest BCUT2D eigenvalue weighted by Crippen LogP contribution is 2.23. The molecule has 1 fully saturated rings. The van der Waals surface area contributed by atoms with E-state index in [-0.39, 0.29) is 16.6 Å². The van der Waals surface area contributed by atoms with Crippen LogP contribution in [-0.2, 0) is 0 Å². The fourth-order valence-electron chi connectivity index (χ4n) is 1.73. The quantitative estimate of drug-likeness (QED) is 0.728. The van der Waals surface area contributed by atoms with Gasteiger partial charge in [0.25, 0.3) is 5.56 Å². The van der Waals surface area contributed by atoms with Gasteiger partial charge in [0.15, 0.2) is 0 Å². The van der Waals surface area contributed by atoms with Crippen molar-refractivity contribution in [3.63, 3.8) is 0 Å². The lowest BCUT2D eigenvalue weighted by molar-refractivity contribution is 0.500. The van der Waals surface area contributed by atoms with Crippen molar-refractivity contribution in [3.05, 3.63) is 21.6 Å². The molecule has 0 amide bonds. The van der Waals surface area contributed by atoms with Gasteiger partial charge in [-0.2, -0.15) is 5.10 Å². The monoisotopic (exact) mass is 228 g/mol. The second-order valence-corrected chi connectivity index (χ2v) is 4.10. The van der Waals surface area contributed by atoms with Crippen LogP contribution in [0.1, 0.15) is 12.8 Å². The summed E-state index contributed by atoms with van der Waals surface area (Å²) in [5, 5.41) is 6.25. The van der Waals surface area contributed by atoms with Gasteiger partial charge in [-0.15, -0.1) is 0 Å². The normalized spacial score (nSPS) is 18.1. The zero-order valence-corrected chi connectivity index (χ0v) is 9.00. The number of nitrogens with one attached hydrogen (secondary N) is 1. The average molecular weight is 229 g/mol. The van der Waals surface area contributed by atoms with Crippen LogP contribution in [0.25, 0.3) is 0 Å². The molecule has 1 aromatic rings. The molecule has 0 unspecified atom stereocenters. The third-order valence-corrected chi connectivity index (χ3v) is 3.02. The Kier molecular flexibility index (Phi) is 2.93. The van der Waals surface area contributed by atoms with E-state index < -0.39 is 0 Å². The Bertz CT molecular complexity index is 397. The number of rotatable bonds is 1. The Balaban J connectivity index is 2.23. The minimum atomic E-state index is -0.343. The van der Waals surface area contributed by atoms with Crippen LogP contribution in [0.15, 0.2) is 11.0 Å². The summed E-state index contributed by atoms with van der Waals surface area (Å²) in [6.07, 6.45) is 3.42. The molecule has 2 heterocycles. The highest BCUT2D eigenvalue weighted by atomic mass is 35.5. The van der Waals surface area contributed by atoms with Crippen molar-refractivity contribution >= 4 is 17.3 Å². The number of nitrogens with two attached hydrogens (primary N) is 1. The van der Waals surface area contributed by atoms with Crippen molar-refractivity contribution in [2.45, 2.75) is 18.9 Å². The lowest BCUT2D eigenvalue weighted by Gasteiger charge is -2.31. The van der Waals surface area contributed by atoms with Crippen LogP contribution in [0.2, 0.25) is 5.02 Å². The fraction of sp³-hybridized carbons (Fsp3) is 0.556. The van der Waals surface area contributed by atoms with E-state index in [4.69, 9.17) is 17.3 Å². The first-order chi connectivity index (χ1) is 7.18. The van der Waals surface area contributed by atoms with Crippen molar-refractivity contribution in [1.82, 2.24) is 10.2 Å². The minimum absolute atomic E-state index is 0.209. The third-order valence-electron chi connectivity index (χ3n) is 2.66. The van der Waals surface area contributed by atoms with Crippen LogP contribution in [0, 0.1) is 0 Å². The molecule has 6 heteroatoms. The number of hydrogen-bond acceptors (Lipinski definition) is 4. The maximum absolute atomic E-state index is 11.2. The van der Waals surface area contributed by atoms with E-state index in [2.05, 4.69) is 10.2 Å². The van der Waals surface area contributed by atoms with Gasteiger partial charge >= 0.3 is 0 Å². The van der Waals surface area contributed by atoms with Crippen LogP contribution >= 0.6 is 11.6 Å². The lowest BCUT2D eigenvalue weighted by Crippen LogP contribution is -2.40. The molecule has 0 aliphatic carbocycles. The van der Waals surface area contributed by atoms with Crippen LogP contribution in [-0.4, -0.2) is 29.3 Å². The summed E-state index contributed by atoms with van der Waals surface area (Å²) in [4.78, 5) is 13.3. The summed E-state index contributed by atoms with van der Waals surface area (Å²) >= 11 is 5.91. The molecule has 0 saturated carbocycles. The molecule has 1 saturated heterocycles. The van der Waals surface area contributed by atoms with E-state index in [0.29, 0.717) is 5.69 Å². The highest BCUT2D eigenvalue weighted by molar-refractivity contribution is 6.32. The molecule has 2 rings (SSSR count). The largest absolute Gasteiger partial charge is 0.369 e. The zero-order valence-electron chi connectivity index (χ0n) is 8.24. The Hall–Kier alpha value is -1.07. The first-order valence-electron chi connectivity index (χ1n) is 4.92. The third kappa shape index (κ3) is 2.13. The number of nitrogens with zero attached hydrogens (tertiary/aromatic N) is 2. The summed E-state index contributed by atoms with van der Waals surface area (Å²) < 4.78 is 0. The molecular weight excluding hydrogens is 216 g/mol. The van der Waals surface area contributed by atoms with E-state index in [1.165, 1.54) is 0 Å². The van der Waals surface area contributed by atoms with Gasteiger partial charge in [0, 0.05) is 19.1 Å². The predicted molar refractivity (Wildman–Crippen MR) is 59.3 cm³/mol. The number of halogens is 1. The molecule has 1 aromatic heterocycles. The van der Waals surface area contributed by atoms with Crippen LogP contribution in [0.4, 0.5) is 5.69 Å². The van der Waals surface area contributed by atoms with Gasteiger partial charge in [-0.05, 0) is 12.8 Å². The lowest BCUT2D eigenvalue weighted by atomic mass is 10.1. The van der Waals surface area contributed by atoms with Crippen LogP contribution < -0.4 is 16.2 Å². The first-order valence-corrected chi connectivity index (χ1v) is 5.30. The molecule has 0 aromatic carbocycles. The van der Waals surface area contributed by atoms with Gasteiger partial charge in [0.2, 0.25) is 0 Å². The van der Waals surface area contributed by atoms with Gasteiger partial charge < -0.3 is 10.6 Å². The first kappa shape index (κ1) is 10.4. The molecule has 0 bridgehead atoms. The van der Waals surface area contributed by atoms with E-state index >= 15 is 0 Å². The maximum Gasteiger partial charge on any atom is 0.285 e. The van der Waals surface area contributed by atoms with E-state index in [0.717, 1.165) is 25.9 Å². The summed E-state index contributed by atoms with van der Waals surface area (Å²) in [6, 6.07) is 0.259. The number of piperidine rings is 1. The Morgan fingerprint density at radius 3 is 2.87 bits per heavy atom. The molecular formula is C9H13ClN4O. The average Bonchev–Trinajstić information content (AvgIpc) is 2.24.